The summed E-state index contributed by atoms with van der Waals surface area (Å²) in [6, 6.07) is 0. The van der Waals surface area contributed by atoms with E-state index in [0.717, 1.165) is 19.3 Å². The van der Waals surface area contributed by atoms with Crippen LogP contribution in [0.2, 0.25) is 0 Å². The van der Waals surface area contributed by atoms with Crippen molar-refractivity contribution < 1.29 is 24.9 Å². The van der Waals surface area contributed by atoms with E-state index in [1.165, 1.54) is 0 Å². The standard InChI is InChI=1S/C20H30O5/c1-2-3-4-7-14(21)10-11-16-17-12-15(8-5-6-9-20(23)24)25-19(17)13-18(16)22/h10-11,14-19,21-22H,4-9,12-13H2,1H3,(H,23,24)/b11-10+/t14-,15-,16+,17+,18+,19-/m0/s1. The van der Waals surface area contributed by atoms with Crippen LogP contribution < -0.4 is 0 Å². The van der Waals surface area contributed by atoms with E-state index >= 15 is 0 Å². The van der Waals surface area contributed by atoms with Crippen LogP contribution in [0.4, 0.5) is 0 Å². The monoisotopic (exact) mass is 350 g/mol. The van der Waals surface area contributed by atoms with Crippen molar-refractivity contribution in [2.45, 2.75) is 82.7 Å². The summed E-state index contributed by atoms with van der Waals surface area (Å²) in [5.41, 5.74) is 0. The molecule has 1 aliphatic heterocycles. The highest BCUT2D eigenvalue weighted by atomic mass is 16.5. The fourth-order valence-electron chi connectivity index (χ4n) is 3.98. The Labute approximate surface area is 150 Å². The van der Waals surface area contributed by atoms with Crippen molar-refractivity contribution in [2.24, 2.45) is 11.8 Å². The van der Waals surface area contributed by atoms with Crippen molar-refractivity contribution >= 4 is 5.97 Å². The zero-order valence-electron chi connectivity index (χ0n) is 14.9. The van der Waals surface area contributed by atoms with Gasteiger partial charge in [0.05, 0.1) is 24.4 Å². The molecule has 0 radical (unpaired) electrons. The highest BCUT2D eigenvalue weighted by molar-refractivity contribution is 5.66. The molecule has 0 aromatic carbocycles. The molecule has 5 nitrogen and oxygen atoms in total. The van der Waals surface area contributed by atoms with E-state index < -0.39 is 18.2 Å². The molecule has 0 amide bonds. The van der Waals surface area contributed by atoms with Gasteiger partial charge in [0.1, 0.15) is 0 Å². The minimum atomic E-state index is -0.749. The first-order valence-electron chi connectivity index (χ1n) is 9.32. The predicted octanol–water partition coefficient (Wildman–Crippen LogP) is 2.51. The van der Waals surface area contributed by atoms with Gasteiger partial charge in [0.2, 0.25) is 0 Å². The van der Waals surface area contributed by atoms with Gasteiger partial charge in [-0.15, -0.1) is 11.8 Å². The van der Waals surface area contributed by atoms with E-state index in [1.807, 2.05) is 6.08 Å². The molecule has 0 bridgehead atoms. The van der Waals surface area contributed by atoms with Crippen molar-refractivity contribution in [3.63, 3.8) is 0 Å². The third-order valence-corrected chi connectivity index (χ3v) is 5.26. The zero-order valence-corrected chi connectivity index (χ0v) is 14.9. The highest BCUT2D eigenvalue weighted by Crippen LogP contribution is 2.45. The van der Waals surface area contributed by atoms with Crippen molar-refractivity contribution in [1.29, 1.82) is 0 Å². The molecule has 0 unspecified atom stereocenters. The number of aliphatic carboxylic acids is 1. The summed E-state index contributed by atoms with van der Waals surface area (Å²) in [6.45, 7) is 1.79. The Morgan fingerprint density at radius 3 is 2.88 bits per heavy atom. The largest absolute Gasteiger partial charge is 0.481 e. The second-order valence-corrected chi connectivity index (χ2v) is 7.13. The average Bonchev–Trinajstić information content (AvgIpc) is 3.06. The number of rotatable bonds is 9. The normalized spacial score (nSPS) is 32.4. The van der Waals surface area contributed by atoms with Gasteiger partial charge in [-0.2, -0.15) is 0 Å². The molecule has 2 aliphatic rings. The summed E-state index contributed by atoms with van der Waals surface area (Å²) in [6.07, 6.45) is 8.50. The second-order valence-electron chi connectivity index (χ2n) is 7.13. The Hall–Kier alpha value is -1.35. The molecule has 1 aliphatic carbocycles. The molecule has 140 valence electrons. The van der Waals surface area contributed by atoms with Gasteiger partial charge in [-0.05, 0) is 38.5 Å². The molecule has 3 N–H and O–H groups in total. The van der Waals surface area contributed by atoms with Crippen LogP contribution in [0.3, 0.4) is 0 Å². The average molecular weight is 350 g/mol. The van der Waals surface area contributed by atoms with E-state index in [2.05, 4.69) is 11.8 Å². The molecule has 1 saturated heterocycles. The molecule has 0 aromatic rings. The van der Waals surface area contributed by atoms with E-state index in [0.29, 0.717) is 31.6 Å². The third kappa shape index (κ3) is 6.14. The highest BCUT2D eigenvalue weighted by Gasteiger charge is 2.47. The van der Waals surface area contributed by atoms with Gasteiger partial charge >= 0.3 is 5.97 Å². The van der Waals surface area contributed by atoms with Crippen LogP contribution in [0.5, 0.6) is 0 Å². The Kier molecular flexibility index (Phi) is 7.95. The molecule has 6 atom stereocenters. The Morgan fingerprint density at radius 1 is 1.36 bits per heavy atom. The SMILES string of the molecule is CC#CCC[C@H](O)/C=C/[C@@H]1[C@H]2C[C@H](CCCCC(=O)O)O[C@H]2C[C@H]1O. The predicted molar refractivity (Wildman–Crippen MR) is 94.8 cm³/mol. The summed E-state index contributed by atoms with van der Waals surface area (Å²) in [7, 11) is 0. The number of carboxylic acid groups (broad SMARTS) is 1. The Morgan fingerprint density at radius 2 is 2.16 bits per heavy atom. The molecule has 0 aromatic heterocycles. The van der Waals surface area contributed by atoms with Gasteiger partial charge in [0, 0.05) is 25.2 Å². The summed E-state index contributed by atoms with van der Waals surface area (Å²) < 4.78 is 6.06. The molecule has 1 saturated carbocycles. The summed E-state index contributed by atoms with van der Waals surface area (Å²) in [4.78, 5) is 10.5. The first-order chi connectivity index (χ1) is 12.0. The van der Waals surface area contributed by atoms with Gasteiger partial charge in [-0.3, -0.25) is 4.79 Å². The van der Waals surface area contributed by atoms with Crippen LogP contribution in [0, 0.1) is 23.7 Å². The summed E-state index contributed by atoms with van der Waals surface area (Å²) >= 11 is 0. The molecular weight excluding hydrogens is 320 g/mol. The molecule has 2 fully saturated rings. The lowest BCUT2D eigenvalue weighted by atomic mass is 9.89. The molecule has 2 rings (SSSR count). The number of carbonyl (C=O) groups is 1. The number of aliphatic hydroxyl groups excluding tert-OH is 2. The van der Waals surface area contributed by atoms with Gasteiger partial charge in [0.15, 0.2) is 0 Å². The Bertz CT molecular complexity index is 518. The van der Waals surface area contributed by atoms with Crippen LogP contribution in [0.15, 0.2) is 12.2 Å². The van der Waals surface area contributed by atoms with E-state index in [9.17, 15) is 15.0 Å². The quantitative estimate of drug-likeness (QED) is 0.338. The molecule has 0 spiro atoms. The van der Waals surface area contributed by atoms with Gasteiger partial charge in [-0.25, -0.2) is 0 Å². The van der Waals surface area contributed by atoms with Gasteiger partial charge < -0.3 is 20.1 Å². The van der Waals surface area contributed by atoms with Crippen molar-refractivity contribution in [3.05, 3.63) is 12.2 Å². The lowest BCUT2D eigenvalue weighted by Crippen LogP contribution is -2.19. The third-order valence-electron chi connectivity index (χ3n) is 5.26. The molecule has 25 heavy (non-hydrogen) atoms. The van der Waals surface area contributed by atoms with Crippen LogP contribution in [0.1, 0.15) is 58.3 Å². The van der Waals surface area contributed by atoms with Crippen molar-refractivity contribution in [2.75, 3.05) is 0 Å². The summed E-state index contributed by atoms with van der Waals surface area (Å²) in [5, 5.41) is 28.9. The van der Waals surface area contributed by atoms with E-state index in [-0.39, 0.29) is 24.5 Å². The molecule has 1 heterocycles. The summed E-state index contributed by atoms with van der Waals surface area (Å²) in [5.74, 6) is 5.32. The maximum Gasteiger partial charge on any atom is 0.303 e. The number of aliphatic hydroxyl groups is 2. The lowest BCUT2D eigenvalue weighted by molar-refractivity contribution is -0.137. The number of hydrogen-bond donors (Lipinski definition) is 3. The van der Waals surface area contributed by atoms with E-state index in [4.69, 9.17) is 9.84 Å². The fourth-order valence-corrected chi connectivity index (χ4v) is 3.98. The second kappa shape index (κ2) is 9.96. The smallest absolute Gasteiger partial charge is 0.303 e. The molecule has 5 heteroatoms. The first kappa shape index (κ1) is 20.0. The zero-order chi connectivity index (χ0) is 18.2. The minimum absolute atomic E-state index is 0.0286. The van der Waals surface area contributed by atoms with E-state index in [1.54, 1.807) is 13.0 Å². The van der Waals surface area contributed by atoms with Crippen LogP contribution in [-0.2, 0) is 9.53 Å². The number of ether oxygens (including phenoxy) is 1. The topological polar surface area (TPSA) is 87.0 Å². The fraction of sp³-hybridized carbons (Fsp3) is 0.750. The number of fused-ring (bicyclic) bond motifs is 1. The number of carboxylic acids is 1. The number of hydrogen-bond acceptors (Lipinski definition) is 4. The van der Waals surface area contributed by atoms with Crippen LogP contribution >= 0.6 is 0 Å². The van der Waals surface area contributed by atoms with Gasteiger partial charge in [-0.1, -0.05) is 18.6 Å². The van der Waals surface area contributed by atoms with Crippen LogP contribution in [-0.4, -0.2) is 45.7 Å². The minimum Gasteiger partial charge on any atom is -0.481 e. The van der Waals surface area contributed by atoms with Gasteiger partial charge in [0.25, 0.3) is 0 Å². The lowest BCUT2D eigenvalue weighted by Gasteiger charge is -2.18. The number of unbranched alkanes of at least 4 members (excludes halogenated alkanes) is 1. The van der Waals surface area contributed by atoms with Crippen LogP contribution in [0.25, 0.3) is 0 Å². The van der Waals surface area contributed by atoms with Crippen molar-refractivity contribution in [3.8, 4) is 11.8 Å². The first-order valence-corrected chi connectivity index (χ1v) is 9.32. The van der Waals surface area contributed by atoms with Crippen molar-refractivity contribution in [1.82, 2.24) is 0 Å². The Balaban J connectivity index is 1.78. The molecular formula is C20H30O5. The maximum absolute atomic E-state index is 10.5. The maximum atomic E-state index is 10.5.